The van der Waals surface area contributed by atoms with Gasteiger partial charge in [-0.15, -0.1) is 0 Å². The topological polar surface area (TPSA) is 32.8 Å². The number of fused-ring (bicyclic) bond motifs is 1. The Kier molecular flexibility index (Phi) is 7.85. The van der Waals surface area contributed by atoms with Gasteiger partial charge in [-0.1, -0.05) is 55.7 Å². The van der Waals surface area contributed by atoms with Gasteiger partial charge >= 0.3 is 0 Å². The molecule has 0 spiro atoms. The lowest BCUT2D eigenvalue weighted by Gasteiger charge is -2.41. The zero-order valence-corrected chi connectivity index (χ0v) is 19.8. The molecule has 4 heteroatoms. The second kappa shape index (κ2) is 11.0. The molecule has 1 amide bonds. The van der Waals surface area contributed by atoms with Crippen LogP contribution in [0.15, 0.2) is 48.5 Å². The highest BCUT2D eigenvalue weighted by atomic mass is 16.5. The summed E-state index contributed by atoms with van der Waals surface area (Å²) in [5.41, 5.74) is 3.75. The number of methoxy groups -OCH3 is 1. The fourth-order valence-electron chi connectivity index (χ4n) is 5.52. The normalized spacial score (nSPS) is 19.1. The van der Waals surface area contributed by atoms with E-state index < -0.39 is 0 Å². The molecule has 1 heterocycles. The SMILES string of the molecule is COc1ccccc1CCCN(C)CC1CCc2ccccc2N1C(=O)C1CCCCC1. The van der Waals surface area contributed by atoms with Gasteiger partial charge in [0, 0.05) is 24.2 Å². The number of hydrogen-bond acceptors (Lipinski definition) is 3. The molecule has 2 aromatic carbocycles. The first-order chi connectivity index (χ1) is 15.7. The second-order valence-electron chi connectivity index (χ2n) is 9.54. The summed E-state index contributed by atoms with van der Waals surface area (Å²) < 4.78 is 5.50. The van der Waals surface area contributed by atoms with Crippen molar-refractivity contribution in [2.24, 2.45) is 5.92 Å². The van der Waals surface area contributed by atoms with Crippen molar-refractivity contribution < 1.29 is 9.53 Å². The Morgan fingerprint density at radius 3 is 2.59 bits per heavy atom. The molecule has 0 N–H and O–H groups in total. The number of hydrogen-bond donors (Lipinski definition) is 0. The first-order valence-corrected chi connectivity index (χ1v) is 12.4. The van der Waals surface area contributed by atoms with E-state index in [1.54, 1.807) is 7.11 Å². The number of carbonyl (C=O) groups excluding carboxylic acids is 1. The van der Waals surface area contributed by atoms with E-state index in [4.69, 9.17) is 4.74 Å². The molecule has 32 heavy (non-hydrogen) atoms. The monoisotopic (exact) mass is 434 g/mol. The van der Waals surface area contributed by atoms with Gasteiger partial charge in [0.25, 0.3) is 0 Å². The van der Waals surface area contributed by atoms with E-state index in [2.05, 4.69) is 53.2 Å². The van der Waals surface area contributed by atoms with Gasteiger partial charge in [-0.05, 0) is 75.4 Å². The number of likely N-dealkylation sites (N-methyl/N-ethyl adjacent to an activating group) is 1. The molecule has 1 aliphatic heterocycles. The van der Waals surface area contributed by atoms with Crippen LogP contribution in [0.4, 0.5) is 5.69 Å². The highest BCUT2D eigenvalue weighted by Gasteiger charge is 2.35. The minimum absolute atomic E-state index is 0.202. The average molecular weight is 435 g/mol. The summed E-state index contributed by atoms with van der Waals surface area (Å²) in [5, 5.41) is 0. The van der Waals surface area contributed by atoms with Crippen LogP contribution in [-0.4, -0.2) is 44.1 Å². The molecule has 1 fully saturated rings. The summed E-state index contributed by atoms with van der Waals surface area (Å²) in [6.45, 7) is 1.94. The highest BCUT2D eigenvalue weighted by Crippen LogP contribution is 2.35. The Hall–Kier alpha value is -2.33. The Labute approximate surface area is 193 Å². The highest BCUT2D eigenvalue weighted by molar-refractivity contribution is 5.97. The van der Waals surface area contributed by atoms with Gasteiger partial charge in [-0.2, -0.15) is 0 Å². The van der Waals surface area contributed by atoms with Crippen LogP contribution < -0.4 is 9.64 Å². The van der Waals surface area contributed by atoms with E-state index in [0.717, 1.165) is 63.1 Å². The standard InChI is InChI=1S/C28H38N2O2/c1-29(20-10-15-23-12-7-9-17-27(23)32-2)21-25-19-18-22-11-6-8-16-26(22)30(25)28(31)24-13-4-3-5-14-24/h6-9,11-12,16-17,24-25H,3-5,10,13-15,18-21H2,1-2H3. The fourth-order valence-corrected chi connectivity index (χ4v) is 5.52. The molecule has 4 nitrogen and oxygen atoms in total. The summed E-state index contributed by atoms with van der Waals surface area (Å²) in [6.07, 6.45) is 9.97. The van der Waals surface area contributed by atoms with Crippen LogP contribution in [0.25, 0.3) is 0 Å². The van der Waals surface area contributed by atoms with Crippen molar-refractivity contribution >= 4 is 11.6 Å². The van der Waals surface area contributed by atoms with Crippen molar-refractivity contribution in [3.05, 3.63) is 59.7 Å². The van der Waals surface area contributed by atoms with Gasteiger partial charge in [-0.25, -0.2) is 0 Å². The minimum atomic E-state index is 0.202. The first kappa shape index (κ1) is 22.8. The molecule has 0 saturated heterocycles. The van der Waals surface area contributed by atoms with Crippen molar-refractivity contribution in [3.8, 4) is 5.75 Å². The Morgan fingerprint density at radius 2 is 1.78 bits per heavy atom. The van der Waals surface area contributed by atoms with Crippen molar-refractivity contribution in [2.45, 2.75) is 63.8 Å². The molecule has 0 bridgehead atoms. The van der Waals surface area contributed by atoms with Crippen LogP contribution in [-0.2, 0) is 17.6 Å². The van der Waals surface area contributed by atoms with Crippen LogP contribution in [0.2, 0.25) is 0 Å². The lowest BCUT2D eigenvalue weighted by atomic mass is 9.86. The zero-order chi connectivity index (χ0) is 22.3. The molecule has 4 rings (SSSR count). The molecular formula is C28H38N2O2. The van der Waals surface area contributed by atoms with Crippen molar-refractivity contribution in [1.29, 1.82) is 0 Å². The molecule has 0 radical (unpaired) electrons. The van der Waals surface area contributed by atoms with Gasteiger partial charge in [0.15, 0.2) is 0 Å². The van der Waals surface area contributed by atoms with Gasteiger partial charge < -0.3 is 14.5 Å². The number of aryl methyl sites for hydroxylation is 2. The average Bonchev–Trinajstić information content (AvgIpc) is 2.84. The van der Waals surface area contributed by atoms with Crippen LogP contribution in [0.3, 0.4) is 0 Å². The van der Waals surface area contributed by atoms with Crippen molar-refractivity contribution in [1.82, 2.24) is 4.90 Å². The minimum Gasteiger partial charge on any atom is -0.496 e. The van der Waals surface area contributed by atoms with Crippen LogP contribution >= 0.6 is 0 Å². The number of para-hydroxylation sites is 2. The van der Waals surface area contributed by atoms with Crippen LogP contribution in [0.5, 0.6) is 5.75 Å². The van der Waals surface area contributed by atoms with Crippen LogP contribution in [0, 0.1) is 5.92 Å². The summed E-state index contributed by atoms with van der Waals surface area (Å²) in [6, 6.07) is 17.1. The molecule has 2 aliphatic rings. The fraction of sp³-hybridized carbons (Fsp3) is 0.536. The lowest BCUT2D eigenvalue weighted by molar-refractivity contribution is -0.124. The number of anilines is 1. The first-order valence-electron chi connectivity index (χ1n) is 12.4. The number of ether oxygens (including phenoxy) is 1. The summed E-state index contributed by atoms with van der Waals surface area (Å²) in [4.78, 5) is 18.3. The van der Waals surface area contributed by atoms with Gasteiger partial charge in [0.2, 0.25) is 5.91 Å². The maximum Gasteiger partial charge on any atom is 0.230 e. The maximum atomic E-state index is 13.7. The molecule has 1 atom stereocenters. The molecule has 172 valence electrons. The number of benzene rings is 2. The van der Waals surface area contributed by atoms with E-state index in [0.29, 0.717) is 5.91 Å². The molecule has 1 saturated carbocycles. The van der Waals surface area contributed by atoms with E-state index in [1.165, 1.54) is 30.4 Å². The smallest absolute Gasteiger partial charge is 0.230 e. The lowest BCUT2D eigenvalue weighted by Crippen LogP contribution is -2.51. The van der Waals surface area contributed by atoms with Gasteiger partial charge in [-0.3, -0.25) is 4.79 Å². The van der Waals surface area contributed by atoms with Gasteiger partial charge in [0.1, 0.15) is 5.75 Å². The van der Waals surface area contributed by atoms with Crippen molar-refractivity contribution in [2.75, 3.05) is 32.1 Å². The van der Waals surface area contributed by atoms with Crippen molar-refractivity contribution in [3.63, 3.8) is 0 Å². The predicted molar refractivity (Wildman–Crippen MR) is 131 cm³/mol. The summed E-state index contributed by atoms with van der Waals surface area (Å²) in [7, 11) is 3.94. The Balaban J connectivity index is 1.41. The predicted octanol–water partition coefficient (Wildman–Crippen LogP) is 5.49. The molecule has 0 aromatic heterocycles. The zero-order valence-electron chi connectivity index (χ0n) is 19.8. The third-order valence-electron chi connectivity index (χ3n) is 7.26. The number of carbonyl (C=O) groups is 1. The number of amides is 1. The second-order valence-corrected chi connectivity index (χ2v) is 9.54. The third-order valence-corrected chi connectivity index (χ3v) is 7.26. The number of nitrogens with zero attached hydrogens (tertiary/aromatic N) is 2. The third kappa shape index (κ3) is 5.35. The van der Waals surface area contributed by atoms with E-state index in [9.17, 15) is 4.79 Å². The largest absolute Gasteiger partial charge is 0.496 e. The van der Waals surface area contributed by atoms with Crippen LogP contribution in [0.1, 0.15) is 56.1 Å². The Morgan fingerprint density at radius 1 is 1.03 bits per heavy atom. The summed E-state index contributed by atoms with van der Waals surface area (Å²) >= 11 is 0. The van der Waals surface area contributed by atoms with Gasteiger partial charge in [0.05, 0.1) is 7.11 Å². The summed E-state index contributed by atoms with van der Waals surface area (Å²) in [5.74, 6) is 1.54. The Bertz CT molecular complexity index is 891. The molecular weight excluding hydrogens is 396 g/mol. The molecule has 1 unspecified atom stereocenters. The number of rotatable bonds is 8. The maximum absolute atomic E-state index is 13.7. The molecule has 2 aromatic rings. The molecule has 1 aliphatic carbocycles. The van der Waals surface area contributed by atoms with E-state index in [1.807, 2.05) is 12.1 Å². The van der Waals surface area contributed by atoms with E-state index >= 15 is 0 Å². The van der Waals surface area contributed by atoms with E-state index in [-0.39, 0.29) is 12.0 Å². The quantitative estimate of drug-likeness (QED) is 0.551.